The van der Waals surface area contributed by atoms with Gasteiger partial charge in [-0.25, -0.2) is 14.3 Å². The summed E-state index contributed by atoms with van der Waals surface area (Å²) in [6, 6.07) is 22.8. The van der Waals surface area contributed by atoms with E-state index in [4.69, 9.17) is 9.98 Å². The number of thioether (sulfide) groups is 1. The van der Waals surface area contributed by atoms with Gasteiger partial charge in [0.25, 0.3) is 5.91 Å². The Morgan fingerprint density at radius 3 is 2.51 bits per heavy atom. The number of para-hydroxylation sites is 1. The van der Waals surface area contributed by atoms with Gasteiger partial charge in [0.05, 0.1) is 10.9 Å². The van der Waals surface area contributed by atoms with E-state index in [2.05, 4.69) is 5.32 Å². The molecule has 5 rings (SSSR count). The number of carbonyl (C=O) groups excluding carboxylic acids is 2. The maximum atomic E-state index is 13.4. The van der Waals surface area contributed by atoms with E-state index in [0.717, 1.165) is 22.4 Å². The van der Waals surface area contributed by atoms with Crippen molar-refractivity contribution in [2.24, 2.45) is 9.98 Å². The van der Waals surface area contributed by atoms with Crippen LogP contribution in [0.4, 0.5) is 10.1 Å². The minimum atomic E-state index is -0.549. The number of nitrogens with zero attached hydrogens (tertiary/aromatic N) is 3. The lowest BCUT2D eigenvalue weighted by molar-refractivity contribution is -0.124. The predicted octanol–water partition coefficient (Wildman–Crippen LogP) is 4.47. The van der Waals surface area contributed by atoms with Crippen LogP contribution in [0.15, 0.2) is 88.8 Å². The van der Waals surface area contributed by atoms with Gasteiger partial charge in [0.15, 0.2) is 5.17 Å². The van der Waals surface area contributed by atoms with Gasteiger partial charge in [-0.1, -0.05) is 66.4 Å². The molecule has 176 valence electrons. The van der Waals surface area contributed by atoms with Crippen molar-refractivity contribution < 1.29 is 14.0 Å². The Kier molecular flexibility index (Phi) is 6.46. The standard InChI is InChI=1S/C27H23FN4O2S/c1-17(25(33)29-16-19-11-13-20(28)14-12-19)35-27-31-22-10-6-5-9-21(22)24-30-23(26(34)32(24)27)15-18-7-3-2-4-8-18/h2-14,17,23H,15-16H2,1H3,(H,29,33)/t17-,23+/m1/s1. The second-order valence-corrected chi connectivity index (χ2v) is 9.66. The molecule has 0 unspecified atom stereocenters. The zero-order valence-corrected chi connectivity index (χ0v) is 19.8. The van der Waals surface area contributed by atoms with Crippen LogP contribution in [0.5, 0.6) is 0 Å². The van der Waals surface area contributed by atoms with E-state index in [-0.39, 0.29) is 24.2 Å². The Balaban J connectivity index is 1.34. The highest BCUT2D eigenvalue weighted by molar-refractivity contribution is 8.15. The number of fused-ring (bicyclic) bond motifs is 3. The number of aliphatic imine (C=N–C) groups is 2. The first kappa shape index (κ1) is 23.0. The topological polar surface area (TPSA) is 74.1 Å². The zero-order valence-electron chi connectivity index (χ0n) is 19.0. The van der Waals surface area contributed by atoms with E-state index in [1.165, 1.54) is 23.9 Å². The molecule has 6 nitrogen and oxygen atoms in total. The van der Waals surface area contributed by atoms with Crippen LogP contribution >= 0.6 is 11.8 Å². The summed E-state index contributed by atoms with van der Waals surface area (Å²) in [5.41, 5.74) is 3.35. The Labute approximate surface area is 207 Å². The SMILES string of the molecule is C[C@@H](SC1=Nc2ccccc2C2=N[C@@H](Cc3ccccc3)C(=O)N12)C(=O)NCc1ccc(F)cc1. The number of benzene rings is 3. The van der Waals surface area contributed by atoms with E-state index in [9.17, 15) is 14.0 Å². The molecule has 0 fully saturated rings. The van der Waals surface area contributed by atoms with Crippen LogP contribution in [-0.4, -0.2) is 39.0 Å². The second kappa shape index (κ2) is 9.84. The zero-order chi connectivity index (χ0) is 24.4. The third-order valence-electron chi connectivity index (χ3n) is 5.85. The Hall–Kier alpha value is -3.78. The smallest absolute Gasteiger partial charge is 0.259 e. The van der Waals surface area contributed by atoms with E-state index < -0.39 is 11.3 Å². The molecular weight excluding hydrogens is 463 g/mol. The van der Waals surface area contributed by atoms with E-state index >= 15 is 0 Å². The van der Waals surface area contributed by atoms with Gasteiger partial charge < -0.3 is 5.32 Å². The van der Waals surface area contributed by atoms with Crippen molar-refractivity contribution in [2.75, 3.05) is 0 Å². The molecule has 3 aromatic carbocycles. The highest BCUT2D eigenvalue weighted by atomic mass is 32.2. The molecule has 35 heavy (non-hydrogen) atoms. The van der Waals surface area contributed by atoms with Gasteiger partial charge in [-0.05, 0) is 42.3 Å². The van der Waals surface area contributed by atoms with Crippen LogP contribution in [0.3, 0.4) is 0 Å². The van der Waals surface area contributed by atoms with Crippen LogP contribution in [-0.2, 0) is 22.6 Å². The fourth-order valence-corrected chi connectivity index (χ4v) is 4.94. The van der Waals surface area contributed by atoms with Gasteiger partial charge in [0, 0.05) is 18.5 Å². The molecule has 2 heterocycles. The summed E-state index contributed by atoms with van der Waals surface area (Å²) < 4.78 is 13.1. The van der Waals surface area contributed by atoms with Crippen molar-refractivity contribution in [1.29, 1.82) is 0 Å². The average Bonchev–Trinajstić information content (AvgIpc) is 3.20. The minimum Gasteiger partial charge on any atom is -0.351 e. The average molecular weight is 487 g/mol. The van der Waals surface area contributed by atoms with Crippen molar-refractivity contribution in [3.05, 3.63) is 101 Å². The number of amidine groups is 2. The summed E-state index contributed by atoms with van der Waals surface area (Å²) in [6.07, 6.45) is 0.494. The van der Waals surface area contributed by atoms with Crippen molar-refractivity contribution in [3.8, 4) is 0 Å². The van der Waals surface area contributed by atoms with Crippen LogP contribution in [0, 0.1) is 5.82 Å². The van der Waals surface area contributed by atoms with E-state index in [1.807, 2.05) is 54.6 Å². The van der Waals surface area contributed by atoms with Crippen molar-refractivity contribution in [2.45, 2.75) is 31.2 Å². The maximum absolute atomic E-state index is 13.4. The number of halogens is 1. The molecule has 8 heteroatoms. The van der Waals surface area contributed by atoms with Crippen molar-refractivity contribution >= 4 is 40.3 Å². The molecular formula is C27H23FN4O2S. The van der Waals surface area contributed by atoms with Gasteiger partial charge >= 0.3 is 0 Å². The number of hydrogen-bond acceptors (Lipinski definition) is 5. The van der Waals surface area contributed by atoms with Gasteiger partial charge in [-0.3, -0.25) is 14.6 Å². The molecule has 0 spiro atoms. The highest BCUT2D eigenvalue weighted by Crippen LogP contribution is 2.35. The third kappa shape index (κ3) is 4.88. The number of rotatable bonds is 6. The van der Waals surface area contributed by atoms with Gasteiger partial charge in [-0.2, -0.15) is 0 Å². The number of hydrogen-bond donors (Lipinski definition) is 1. The van der Waals surface area contributed by atoms with E-state index in [0.29, 0.717) is 17.4 Å². The summed E-state index contributed by atoms with van der Waals surface area (Å²) in [4.78, 5) is 37.3. The minimum absolute atomic E-state index is 0.150. The van der Waals surface area contributed by atoms with Gasteiger partial charge in [-0.15, -0.1) is 0 Å². The van der Waals surface area contributed by atoms with Crippen LogP contribution in [0.2, 0.25) is 0 Å². The summed E-state index contributed by atoms with van der Waals surface area (Å²) in [5, 5.41) is 2.79. The third-order valence-corrected chi connectivity index (χ3v) is 6.90. The fraction of sp³-hybridized carbons (Fsp3) is 0.185. The van der Waals surface area contributed by atoms with Crippen LogP contribution in [0.25, 0.3) is 0 Å². The molecule has 0 saturated heterocycles. The van der Waals surface area contributed by atoms with Crippen molar-refractivity contribution in [3.63, 3.8) is 0 Å². The largest absolute Gasteiger partial charge is 0.351 e. The molecule has 2 aliphatic heterocycles. The molecule has 2 aliphatic rings. The molecule has 2 amide bonds. The lowest BCUT2D eigenvalue weighted by Crippen LogP contribution is -2.43. The number of nitrogens with one attached hydrogen (secondary N) is 1. The molecule has 0 saturated carbocycles. The van der Waals surface area contributed by atoms with Crippen LogP contribution in [0.1, 0.15) is 23.6 Å². The van der Waals surface area contributed by atoms with Gasteiger partial charge in [0.1, 0.15) is 17.7 Å². The molecule has 0 aromatic heterocycles. The molecule has 0 aliphatic carbocycles. The Morgan fingerprint density at radius 1 is 1.03 bits per heavy atom. The second-order valence-electron chi connectivity index (χ2n) is 8.35. The summed E-state index contributed by atoms with van der Waals surface area (Å²) in [7, 11) is 0. The maximum Gasteiger partial charge on any atom is 0.259 e. The summed E-state index contributed by atoms with van der Waals surface area (Å²) >= 11 is 1.22. The Bertz CT molecular complexity index is 1320. The highest BCUT2D eigenvalue weighted by Gasteiger charge is 2.42. The number of amides is 2. The fourth-order valence-electron chi connectivity index (χ4n) is 4.00. The predicted molar refractivity (Wildman–Crippen MR) is 136 cm³/mol. The molecule has 0 bridgehead atoms. The van der Waals surface area contributed by atoms with Gasteiger partial charge in [0.2, 0.25) is 5.91 Å². The first-order valence-electron chi connectivity index (χ1n) is 11.3. The molecule has 0 radical (unpaired) electrons. The number of carbonyl (C=O) groups is 2. The molecule has 2 atom stereocenters. The first-order chi connectivity index (χ1) is 17.0. The quantitative estimate of drug-likeness (QED) is 0.559. The lowest BCUT2D eigenvalue weighted by atomic mass is 10.1. The van der Waals surface area contributed by atoms with Crippen LogP contribution < -0.4 is 5.32 Å². The summed E-state index contributed by atoms with van der Waals surface area (Å²) in [6.45, 7) is 2.06. The Morgan fingerprint density at radius 2 is 1.74 bits per heavy atom. The summed E-state index contributed by atoms with van der Waals surface area (Å²) in [5.74, 6) is -0.101. The first-order valence-corrected chi connectivity index (χ1v) is 12.2. The van der Waals surface area contributed by atoms with E-state index in [1.54, 1.807) is 24.0 Å². The molecule has 3 aromatic rings. The molecule has 1 N–H and O–H groups in total. The lowest BCUT2D eigenvalue weighted by Gasteiger charge is -2.27. The monoisotopic (exact) mass is 486 g/mol. The normalized spacial score (nSPS) is 17.3. The van der Waals surface area contributed by atoms with Crippen molar-refractivity contribution in [1.82, 2.24) is 10.2 Å².